The van der Waals surface area contributed by atoms with Crippen molar-refractivity contribution in [3.05, 3.63) is 35.4 Å². The van der Waals surface area contributed by atoms with Crippen LogP contribution >= 0.6 is 0 Å². The van der Waals surface area contributed by atoms with Crippen LogP contribution in [0.4, 0.5) is 0 Å². The van der Waals surface area contributed by atoms with Crippen molar-refractivity contribution >= 4 is 0 Å². The van der Waals surface area contributed by atoms with Crippen LogP contribution in [-0.2, 0) is 5.41 Å². The van der Waals surface area contributed by atoms with Gasteiger partial charge in [0.15, 0.2) is 0 Å². The van der Waals surface area contributed by atoms with Gasteiger partial charge in [0.1, 0.15) is 0 Å². The van der Waals surface area contributed by atoms with Gasteiger partial charge < -0.3 is 9.84 Å². The van der Waals surface area contributed by atoms with Crippen LogP contribution in [0.3, 0.4) is 0 Å². The fourth-order valence-corrected chi connectivity index (χ4v) is 5.17. The molecule has 3 aliphatic carbocycles. The van der Waals surface area contributed by atoms with E-state index in [2.05, 4.69) is 32.1 Å². The molecule has 1 aromatic rings. The Labute approximate surface area is 120 Å². The van der Waals surface area contributed by atoms with E-state index >= 15 is 0 Å². The number of ether oxygens (including phenoxy) is 1. The lowest BCUT2D eigenvalue weighted by Gasteiger charge is -2.53. The molecule has 1 fully saturated rings. The van der Waals surface area contributed by atoms with Crippen LogP contribution in [0.5, 0.6) is 11.5 Å². The van der Waals surface area contributed by atoms with E-state index in [1.807, 2.05) is 6.07 Å². The molecule has 2 bridgehead atoms. The number of hydrogen-bond donors (Lipinski definition) is 0. The first-order valence-corrected chi connectivity index (χ1v) is 7.68. The summed E-state index contributed by atoms with van der Waals surface area (Å²) in [4.78, 5) is 0. The highest BCUT2D eigenvalue weighted by Crippen LogP contribution is 2.65. The van der Waals surface area contributed by atoms with Crippen LogP contribution in [-0.4, -0.2) is 12.2 Å². The molecule has 3 aliphatic rings. The van der Waals surface area contributed by atoms with E-state index in [1.54, 1.807) is 7.11 Å². The SMILES string of the molecule is COc1c([OH2+])ccc2c1[C@@H](C)[C@@]2(C)C1CC2C=CC1C2. The highest BCUT2D eigenvalue weighted by atomic mass is 16.5. The standard InChI is InChI=1S/C18H22O2/c1-10-16-13(6-7-15(19)17(16)20-3)18(10,2)14-9-11-4-5-12(14)8-11/h4-7,10-12,14,19H,8-9H2,1-3H3/p+1/t10-,11?,12?,14?,18-/m1/s1. The average Bonchev–Trinajstić information content (AvgIpc) is 3.08. The summed E-state index contributed by atoms with van der Waals surface area (Å²) in [7, 11) is 1.69. The van der Waals surface area contributed by atoms with Crippen LogP contribution in [0.1, 0.15) is 43.7 Å². The minimum atomic E-state index is 0.264. The van der Waals surface area contributed by atoms with Gasteiger partial charge in [-0.15, -0.1) is 0 Å². The third kappa shape index (κ3) is 1.25. The molecule has 3 unspecified atom stereocenters. The molecule has 0 heterocycles. The minimum Gasteiger partial charge on any atom is -0.591 e. The highest BCUT2D eigenvalue weighted by molar-refractivity contribution is 5.62. The number of fused-ring (bicyclic) bond motifs is 3. The molecule has 1 aromatic carbocycles. The summed E-state index contributed by atoms with van der Waals surface area (Å²) in [5.41, 5.74) is 2.98. The monoisotopic (exact) mass is 271 g/mol. The number of hydrogen-bond acceptors (Lipinski definition) is 1. The Balaban J connectivity index is 1.80. The summed E-state index contributed by atoms with van der Waals surface area (Å²) < 4.78 is 5.49. The fraction of sp³-hybridized carbons (Fsp3) is 0.556. The smallest absolute Gasteiger partial charge is 0.297 e. The zero-order chi connectivity index (χ0) is 14.1. The molecule has 1 saturated carbocycles. The van der Waals surface area contributed by atoms with E-state index in [1.165, 1.54) is 24.0 Å². The van der Waals surface area contributed by atoms with E-state index in [0.29, 0.717) is 11.7 Å². The average molecular weight is 271 g/mol. The van der Waals surface area contributed by atoms with Gasteiger partial charge in [0.05, 0.1) is 7.11 Å². The maximum Gasteiger partial charge on any atom is 0.297 e. The normalized spacial score (nSPS) is 40.5. The third-order valence-electron chi connectivity index (χ3n) is 6.36. The fourth-order valence-electron chi connectivity index (χ4n) is 5.17. The van der Waals surface area contributed by atoms with Crippen molar-refractivity contribution in [3.63, 3.8) is 0 Å². The first kappa shape index (κ1) is 12.3. The van der Waals surface area contributed by atoms with Crippen LogP contribution in [0.2, 0.25) is 0 Å². The molecule has 0 amide bonds. The molecule has 2 heteroatoms. The molecular formula is C18H23O2+. The Hall–Kier alpha value is -1.44. The molecule has 0 aliphatic heterocycles. The number of methoxy groups -OCH3 is 1. The van der Waals surface area contributed by atoms with Gasteiger partial charge in [0, 0.05) is 17.0 Å². The van der Waals surface area contributed by atoms with Crippen molar-refractivity contribution in [2.24, 2.45) is 17.8 Å². The maximum absolute atomic E-state index is 8.02. The quantitative estimate of drug-likeness (QED) is 0.596. The molecule has 2 N–H and O–H groups in total. The Kier molecular flexibility index (Phi) is 2.34. The second-order valence-corrected chi connectivity index (χ2v) is 7.00. The number of rotatable bonds is 2. The summed E-state index contributed by atoms with van der Waals surface area (Å²) in [6.07, 6.45) is 7.56. The number of allylic oxidation sites excluding steroid dienone is 2. The largest absolute Gasteiger partial charge is 0.591 e. The lowest BCUT2D eigenvalue weighted by Crippen LogP contribution is -2.47. The predicted octanol–water partition coefficient (Wildman–Crippen LogP) is 3.72. The van der Waals surface area contributed by atoms with Crippen molar-refractivity contribution in [1.82, 2.24) is 0 Å². The lowest BCUT2D eigenvalue weighted by molar-refractivity contribution is 0.174. The molecule has 5 atom stereocenters. The molecule has 0 radical (unpaired) electrons. The van der Waals surface area contributed by atoms with Crippen LogP contribution < -0.4 is 4.74 Å². The van der Waals surface area contributed by atoms with Gasteiger partial charge in [-0.05, 0) is 48.1 Å². The molecular weight excluding hydrogens is 248 g/mol. The highest BCUT2D eigenvalue weighted by Gasteiger charge is 2.57. The van der Waals surface area contributed by atoms with E-state index in [4.69, 9.17) is 9.84 Å². The Bertz CT molecular complexity index is 604. The molecule has 0 aromatic heterocycles. The van der Waals surface area contributed by atoms with Gasteiger partial charge in [-0.2, -0.15) is 0 Å². The first-order chi connectivity index (χ1) is 9.57. The van der Waals surface area contributed by atoms with Crippen molar-refractivity contribution in [3.8, 4) is 11.5 Å². The molecule has 106 valence electrons. The first-order valence-electron chi connectivity index (χ1n) is 7.68. The third-order valence-corrected chi connectivity index (χ3v) is 6.36. The van der Waals surface area contributed by atoms with Crippen molar-refractivity contribution < 1.29 is 9.84 Å². The second kappa shape index (κ2) is 3.81. The van der Waals surface area contributed by atoms with Crippen LogP contribution in [0.15, 0.2) is 24.3 Å². The number of benzene rings is 1. The van der Waals surface area contributed by atoms with E-state index < -0.39 is 0 Å². The molecule has 0 spiro atoms. The van der Waals surface area contributed by atoms with Crippen LogP contribution in [0, 0.1) is 17.8 Å². The minimum absolute atomic E-state index is 0.264. The van der Waals surface area contributed by atoms with E-state index in [0.717, 1.165) is 23.5 Å². The second-order valence-electron chi connectivity index (χ2n) is 7.00. The van der Waals surface area contributed by atoms with Gasteiger partial charge in [-0.25, -0.2) is 0 Å². The molecule has 0 saturated heterocycles. The summed E-state index contributed by atoms with van der Waals surface area (Å²) >= 11 is 0. The molecule has 2 nitrogen and oxygen atoms in total. The van der Waals surface area contributed by atoms with Gasteiger partial charge in [0.2, 0.25) is 5.75 Å². The summed E-state index contributed by atoms with van der Waals surface area (Å²) in [6, 6.07) is 4.08. The summed E-state index contributed by atoms with van der Waals surface area (Å²) in [6.45, 7) is 4.75. The Morgan fingerprint density at radius 1 is 1.25 bits per heavy atom. The zero-order valence-corrected chi connectivity index (χ0v) is 12.4. The summed E-state index contributed by atoms with van der Waals surface area (Å²) in [5.74, 6) is 4.16. The molecule has 4 rings (SSSR count). The van der Waals surface area contributed by atoms with Crippen molar-refractivity contribution in [2.45, 2.75) is 38.0 Å². The van der Waals surface area contributed by atoms with Gasteiger partial charge in [-0.1, -0.05) is 26.0 Å². The summed E-state index contributed by atoms with van der Waals surface area (Å²) in [5, 5.41) is 8.02. The molecule has 20 heavy (non-hydrogen) atoms. The van der Waals surface area contributed by atoms with Gasteiger partial charge >= 0.3 is 0 Å². The van der Waals surface area contributed by atoms with Gasteiger partial charge in [-0.3, -0.25) is 0 Å². The topological polar surface area (TPSA) is 32.1 Å². The van der Waals surface area contributed by atoms with Gasteiger partial charge in [0.25, 0.3) is 5.75 Å². The van der Waals surface area contributed by atoms with E-state index in [-0.39, 0.29) is 5.41 Å². The maximum atomic E-state index is 8.02. The lowest BCUT2D eigenvalue weighted by atomic mass is 9.50. The van der Waals surface area contributed by atoms with E-state index in [9.17, 15) is 0 Å². The zero-order valence-electron chi connectivity index (χ0n) is 12.4. The predicted molar refractivity (Wildman–Crippen MR) is 80.7 cm³/mol. The van der Waals surface area contributed by atoms with Crippen LogP contribution in [0.25, 0.3) is 0 Å². The Morgan fingerprint density at radius 2 is 2.05 bits per heavy atom. The Morgan fingerprint density at radius 3 is 2.65 bits per heavy atom. The van der Waals surface area contributed by atoms with Crippen molar-refractivity contribution in [2.75, 3.05) is 7.11 Å². The van der Waals surface area contributed by atoms with Crippen molar-refractivity contribution in [1.29, 1.82) is 0 Å².